The van der Waals surface area contributed by atoms with Gasteiger partial charge in [-0.1, -0.05) is 6.07 Å². The molecule has 4 heteroatoms. The Hall–Kier alpha value is -2.88. The van der Waals surface area contributed by atoms with E-state index >= 15 is 0 Å². The van der Waals surface area contributed by atoms with E-state index in [0.29, 0.717) is 12.1 Å². The summed E-state index contributed by atoms with van der Waals surface area (Å²) in [5.41, 5.74) is 3.77. The predicted molar refractivity (Wildman–Crippen MR) is 81.6 cm³/mol. The molecule has 0 atom stereocenters. The Labute approximate surface area is 121 Å². The lowest BCUT2D eigenvalue weighted by Gasteiger charge is -2.02. The third-order valence-corrected chi connectivity index (χ3v) is 3.68. The number of rotatable bonds is 3. The molecule has 3 heterocycles. The molecule has 4 aromatic rings. The minimum absolute atomic E-state index is 0.702. The second kappa shape index (κ2) is 4.59. The Morgan fingerprint density at radius 1 is 1.10 bits per heavy atom. The van der Waals surface area contributed by atoms with Gasteiger partial charge in [0.05, 0.1) is 12.2 Å². The van der Waals surface area contributed by atoms with Crippen molar-refractivity contribution < 1.29 is 4.79 Å². The zero-order chi connectivity index (χ0) is 14.2. The smallest absolute Gasteiger partial charge is 0.150 e. The molecule has 0 bridgehead atoms. The maximum absolute atomic E-state index is 10.8. The Balaban J connectivity index is 1.75. The van der Waals surface area contributed by atoms with Crippen LogP contribution in [0.2, 0.25) is 0 Å². The molecule has 0 aliphatic carbocycles. The molecule has 4 rings (SSSR count). The van der Waals surface area contributed by atoms with E-state index in [4.69, 9.17) is 0 Å². The van der Waals surface area contributed by atoms with Crippen molar-refractivity contribution in [2.45, 2.75) is 6.54 Å². The molecule has 0 fully saturated rings. The van der Waals surface area contributed by atoms with Crippen LogP contribution in [0.1, 0.15) is 16.1 Å². The Kier molecular flexibility index (Phi) is 2.60. The summed E-state index contributed by atoms with van der Waals surface area (Å²) in [5, 5.41) is 1.07. The van der Waals surface area contributed by atoms with Crippen molar-refractivity contribution in [3.8, 4) is 0 Å². The number of hydrogen-bond acceptors (Lipinski definition) is 2. The fourth-order valence-corrected chi connectivity index (χ4v) is 2.67. The van der Waals surface area contributed by atoms with Crippen LogP contribution in [-0.2, 0) is 6.54 Å². The largest absolute Gasteiger partial charge is 0.341 e. The van der Waals surface area contributed by atoms with Crippen LogP contribution in [-0.4, -0.2) is 20.2 Å². The third-order valence-electron chi connectivity index (χ3n) is 3.68. The molecule has 0 saturated heterocycles. The second-order valence-corrected chi connectivity index (χ2v) is 5.08. The maximum atomic E-state index is 10.8. The number of pyridine rings is 1. The quantitative estimate of drug-likeness (QED) is 0.539. The van der Waals surface area contributed by atoms with Crippen molar-refractivity contribution in [1.29, 1.82) is 0 Å². The van der Waals surface area contributed by atoms with E-state index in [1.165, 1.54) is 0 Å². The summed E-state index contributed by atoms with van der Waals surface area (Å²) in [7, 11) is 0. The zero-order valence-corrected chi connectivity index (χ0v) is 11.3. The number of imidazole rings is 1. The molecule has 0 N–H and O–H groups in total. The van der Waals surface area contributed by atoms with E-state index in [1.54, 1.807) is 0 Å². The van der Waals surface area contributed by atoms with Gasteiger partial charge in [-0.05, 0) is 36.4 Å². The van der Waals surface area contributed by atoms with Crippen molar-refractivity contribution >= 4 is 22.8 Å². The number of carbonyl (C=O) groups excluding carboxylic acids is 1. The highest BCUT2D eigenvalue weighted by molar-refractivity contribution is 5.87. The number of benzene rings is 1. The third kappa shape index (κ3) is 2.01. The first-order valence-corrected chi connectivity index (χ1v) is 6.80. The Bertz CT molecular complexity index is 916. The molecule has 0 aliphatic rings. The lowest BCUT2D eigenvalue weighted by atomic mass is 10.2. The van der Waals surface area contributed by atoms with E-state index in [9.17, 15) is 4.79 Å². The molecule has 4 nitrogen and oxygen atoms in total. The number of hydrogen-bond donors (Lipinski definition) is 0. The van der Waals surface area contributed by atoms with E-state index < -0.39 is 0 Å². The van der Waals surface area contributed by atoms with Crippen LogP contribution >= 0.6 is 0 Å². The van der Waals surface area contributed by atoms with Gasteiger partial charge in [0.2, 0.25) is 0 Å². The molecule has 3 aromatic heterocycles. The molecular weight excluding hydrogens is 262 g/mol. The average Bonchev–Trinajstić information content (AvgIpc) is 3.10. The topological polar surface area (TPSA) is 39.3 Å². The van der Waals surface area contributed by atoms with Gasteiger partial charge in [-0.2, -0.15) is 0 Å². The van der Waals surface area contributed by atoms with E-state index in [1.807, 2.05) is 65.5 Å². The molecule has 1 aromatic carbocycles. The van der Waals surface area contributed by atoms with Crippen LogP contribution in [0.4, 0.5) is 0 Å². The molecular formula is C17H13N3O. The minimum Gasteiger partial charge on any atom is -0.341 e. The monoisotopic (exact) mass is 275 g/mol. The second-order valence-electron chi connectivity index (χ2n) is 5.08. The predicted octanol–water partition coefficient (Wildman–Crippen LogP) is 3.15. The van der Waals surface area contributed by atoms with Crippen molar-refractivity contribution in [2.75, 3.05) is 0 Å². The Morgan fingerprint density at radius 3 is 2.90 bits per heavy atom. The highest BCUT2D eigenvalue weighted by Gasteiger charge is 2.05. The highest BCUT2D eigenvalue weighted by atomic mass is 16.1. The lowest BCUT2D eigenvalue weighted by Crippen LogP contribution is -1.98. The summed E-state index contributed by atoms with van der Waals surface area (Å²) in [4.78, 5) is 15.4. The lowest BCUT2D eigenvalue weighted by molar-refractivity contribution is 0.112. The van der Waals surface area contributed by atoms with Gasteiger partial charge in [-0.15, -0.1) is 0 Å². The molecule has 0 amide bonds. The van der Waals surface area contributed by atoms with Gasteiger partial charge in [0, 0.05) is 35.1 Å². The standard InChI is InChI=1S/C17H13N3O/c21-12-13-4-5-16-14(9-13)6-8-19(16)10-15-11-20-7-2-1-3-17(20)18-15/h1-9,11-12H,10H2. The molecule has 0 saturated carbocycles. The minimum atomic E-state index is 0.702. The fraction of sp³-hybridized carbons (Fsp3) is 0.0588. The summed E-state index contributed by atoms with van der Waals surface area (Å²) >= 11 is 0. The van der Waals surface area contributed by atoms with Gasteiger partial charge in [0.1, 0.15) is 11.9 Å². The van der Waals surface area contributed by atoms with Crippen molar-refractivity contribution in [3.05, 3.63) is 72.3 Å². The van der Waals surface area contributed by atoms with Crippen molar-refractivity contribution in [3.63, 3.8) is 0 Å². The summed E-state index contributed by atoms with van der Waals surface area (Å²) in [6, 6.07) is 13.7. The maximum Gasteiger partial charge on any atom is 0.150 e. The normalized spacial score (nSPS) is 11.2. The van der Waals surface area contributed by atoms with Gasteiger partial charge in [-0.25, -0.2) is 4.98 Å². The molecule has 0 aliphatic heterocycles. The molecule has 0 radical (unpaired) electrons. The summed E-state index contributed by atoms with van der Waals surface area (Å²) in [6.07, 6.45) is 6.94. The number of fused-ring (bicyclic) bond motifs is 2. The van der Waals surface area contributed by atoms with Crippen LogP contribution in [0, 0.1) is 0 Å². The van der Waals surface area contributed by atoms with Crippen molar-refractivity contribution in [2.24, 2.45) is 0 Å². The number of aldehydes is 1. The first kappa shape index (κ1) is 11.9. The van der Waals surface area contributed by atoms with Crippen LogP contribution < -0.4 is 0 Å². The summed E-state index contributed by atoms with van der Waals surface area (Å²) in [6.45, 7) is 0.714. The van der Waals surface area contributed by atoms with E-state index in [2.05, 4.69) is 9.55 Å². The SMILES string of the molecule is O=Cc1ccc2c(ccn2Cc2cn3ccccc3n2)c1. The van der Waals surface area contributed by atoms with Crippen LogP contribution in [0.15, 0.2) is 61.1 Å². The van der Waals surface area contributed by atoms with Gasteiger partial charge >= 0.3 is 0 Å². The van der Waals surface area contributed by atoms with Gasteiger partial charge in [0.15, 0.2) is 0 Å². The average molecular weight is 275 g/mol. The van der Waals surface area contributed by atoms with Gasteiger partial charge < -0.3 is 8.97 Å². The molecule has 0 unspecified atom stereocenters. The number of carbonyl (C=O) groups is 1. The van der Waals surface area contributed by atoms with Gasteiger partial charge in [0.25, 0.3) is 0 Å². The number of aromatic nitrogens is 3. The van der Waals surface area contributed by atoms with Crippen LogP contribution in [0.25, 0.3) is 16.6 Å². The highest BCUT2D eigenvalue weighted by Crippen LogP contribution is 2.18. The summed E-state index contributed by atoms with van der Waals surface area (Å²) in [5.74, 6) is 0. The molecule has 102 valence electrons. The first-order chi connectivity index (χ1) is 10.3. The van der Waals surface area contributed by atoms with Gasteiger partial charge in [-0.3, -0.25) is 4.79 Å². The number of nitrogens with zero attached hydrogens (tertiary/aromatic N) is 3. The molecule has 0 spiro atoms. The zero-order valence-electron chi connectivity index (χ0n) is 11.3. The van der Waals surface area contributed by atoms with E-state index in [-0.39, 0.29) is 0 Å². The molecule has 21 heavy (non-hydrogen) atoms. The van der Waals surface area contributed by atoms with E-state index in [0.717, 1.165) is 28.5 Å². The van der Waals surface area contributed by atoms with Crippen LogP contribution in [0.5, 0.6) is 0 Å². The van der Waals surface area contributed by atoms with Crippen molar-refractivity contribution in [1.82, 2.24) is 14.0 Å². The fourth-order valence-electron chi connectivity index (χ4n) is 2.67. The first-order valence-electron chi connectivity index (χ1n) is 6.80. The Morgan fingerprint density at radius 2 is 2.05 bits per heavy atom. The summed E-state index contributed by atoms with van der Waals surface area (Å²) < 4.78 is 4.16. The van der Waals surface area contributed by atoms with Crippen LogP contribution in [0.3, 0.4) is 0 Å².